The van der Waals surface area contributed by atoms with Crippen molar-refractivity contribution in [2.75, 3.05) is 0 Å². The molecule has 6 heteroatoms. The van der Waals surface area contributed by atoms with E-state index in [2.05, 4.69) is 4.18 Å². The summed E-state index contributed by atoms with van der Waals surface area (Å²) in [5, 5.41) is 0.382. The summed E-state index contributed by atoms with van der Waals surface area (Å²) < 4.78 is 25.2. The quantitative estimate of drug-likeness (QED) is 0.727. The summed E-state index contributed by atoms with van der Waals surface area (Å²) in [7, 11) is 0.847. The monoisotopic (exact) mass is 226 g/mol. The first-order valence-electron chi connectivity index (χ1n) is 2.87. The van der Waals surface area contributed by atoms with Gasteiger partial charge in [-0.2, -0.15) is 8.42 Å². The maximum atomic E-state index is 10.4. The molecule has 0 N–H and O–H groups in total. The van der Waals surface area contributed by atoms with Crippen molar-refractivity contribution in [3.8, 4) is 5.75 Å². The van der Waals surface area contributed by atoms with Crippen molar-refractivity contribution in [2.24, 2.45) is 0 Å². The van der Waals surface area contributed by atoms with E-state index in [0.29, 0.717) is 5.02 Å². The Labute approximate surface area is 79.5 Å². The average Bonchev–Trinajstić information content (AvgIpc) is 1.82. The van der Waals surface area contributed by atoms with Gasteiger partial charge in [0.1, 0.15) is 5.75 Å². The van der Waals surface area contributed by atoms with Crippen molar-refractivity contribution in [3.63, 3.8) is 0 Å². The molecule has 0 heterocycles. The van der Waals surface area contributed by atoms with Crippen LogP contribution in [0.4, 0.5) is 0 Å². The minimum absolute atomic E-state index is 0.0949. The third-order valence-electron chi connectivity index (χ3n) is 0.992. The summed E-state index contributed by atoms with van der Waals surface area (Å²) in [5.41, 5.74) is 0. The molecule has 0 unspecified atom stereocenters. The van der Waals surface area contributed by atoms with Crippen molar-refractivity contribution < 1.29 is 12.6 Å². The fourth-order valence-corrected chi connectivity index (χ4v) is 1.37. The van der Waals surface area contributed by atoms with E-state index in [1.165, 1.54) is 12.1 Å². The summed E-state index contributed by atoms with van der Waals surface area (Å²) in [4.78, 5) is 0. The molecule has 0 aliphatic carbocycles. The standard InChI is InChI=1S/C6H4Cl2O3S/c7-5-2-1-3-6(4-5)11-12(8,9)10/h1-4H. The van der Waals surface area contributed by atoms with Gasteiger partial charge in [-0.25, -0.2) is 0 Å². The van der Waals surface area contributed by atoms with E-state index in [1.807, 2.05) is 0 Å². The Bertz CT molecular complexity index is 374. The maximum Gasteiger partial charge on any atom is 0.401 e. The Morgan fingerprint density at radius 3 is 2.50 bits per heavy atom. The second-order valence-corrected chi connectivity index (χ2v) is 4.46. The Morgan fingerprint density at radius 1 is 1.33 bits per heavy atom. The largest absolute Gasteiger partial charge is 0.401 e. The van der Waals surface area contributed by atoms with Gasteiger partial charge in [-0.05, 0) is 12.1 Å². The van der Waals surface area contributed by atoms with Crippen molar-refractivity contribution in [2.45, 2.75) is 0 Å². The van der Waals surface area contributed by atoms with Gasteiger partial charge in [-0.1, -0.05) is 17.7 Å². The van der Waals surface area contributed by atoms with Gasteiger partial charge in [0, 0.05) is 11.1 Å². The van der Waals surface area contributed by atoms with Crippen LogP contribution in [0, 0.1) is 0 Å². The van der Waals surface area contributed by atoms with Gasteiger partial charge < -0.3 is 4.18 Å². The van der Waals surface area contributed by atoms with Crippen LogP contribution in [0.3, 0.4) is 0 Å². The van der Waals surface area contributed by atoms with Crippen LogP contribution in [0.5, 0.6) is 5.75 Å². The first kappa shape index (κ1) is 9.64. The zero-order chi connectivity index (χ0) is 9.19. The molecule has 0 spiro atoms. The molecule has 1 rings (SSSR count). The molecule has 0 radical (unpaired) electrons. The number of halogens is 2. The van der Waals surface area contributed by atoms with Gasteiger partial charge in [0.05, 0.1) is 10.7 Å². The second-order valence-electron chi connectivity index (χ2n) is 1.93. The number of hydrogen-bond donors (Lipinski definition) is 0. The molecule has 66 valence electrons. The van der Waals surface area contributed by atoms with Crippen LogP contribution in [0.25, 0.3) is 0 Å². The molecular formula is C6H4Cl2O3S. The topological polar surface area (TPSA) is 43.4 Å². The van der Waals surface area contributed by atoms with Crippen LogP contribution in [0.15, 0.2) is 24.3 Å². The molecule has 0 aliphatic rings. The number of rotatable bonds is 2. The van der Waals surface area contributed by atoms with Crippen LogP contribution in [-0.4, -0.2) is 8.42 Å². The molecule has 0 saturated carbocycles. The van der Waals surface area contributed by atoms with Crippen LogP contribution < -0.4 is 4.18 Å². The molecule has 0 aliphatic heterocycles. The van der Waals surface area contributed by atoms with E-state index in [-0.39, 0.29) is 5.75 Å². The molecule has 3 nitrogen and oxygen atoms in total. The zero-order valence-corrected chi connectivity index (χ0v) is 8.03. The van der Waals surface area contributed by atoms with Crippen LogP contribution >= 0.6 is 22.3 Å². The molecule has 0 aromatic heterocycles. The molecule has 0 amide bonds. The summed E-state index contributed by atoms with van der Waals surface area (Å²) in [6.07, 6.45) is 0. The van der Waals surface area contributed by atoms with Gasteiger partial charge in [0.2, 0.25) is 0 Å². The Balaban J connectivity index is 2.91. The molecule has 0 atom stereocenters. The molecule has 0 fully saturated rings. The van der Waals surface area contributed by atoms with Crippen molar-refractivity contribution in [1.29, 1.82) is 0 Å². The smallest absolute Gasteiger partial charge is 0.371 e. The highest BCUT2D eigenvalue weighted by Gasteiger charge is 2.06. The van der Waals surface area contributed by atoms with Gasteiger partial charge in [-0.3, -0.25) is 0 Å². The van der Waals surface area contributed by atoms with Crippen molar-refractivity contribution in [1.82, 2.24) is 0 Å². The summed E-state index contributed by atoms with van der Waals surface area (Å²) in [6.45, 7) is 0. The zero-order valence-electron chi connectivity index (χ0n) is 5.70. The first-order chi connectivity index (χ1) is 5.47. The van der Waals surface area contributed by atoms with Crippen molar-refractivity contribution >= 4 is 31.6 Å². The predicted molar refractivity (Wildman–Crippen MR) is 46.9 cm³/mol. The number of benzene rings is 1. The Kier molecular flexibility index (Phi) is 2.82. The van der Waals surface area contributed by atoms with Crippen molar-refractivity contribution in [3.05, 3.63) is 29.3 Å². The summed E-state index contributed by atoms with van der Waals surface area (Å²) >= 11 is 5.56. The van der Waals surface area contributed by atoms with E-state index in [0.717, 1.165) is 0 Å². The Morgan fingerprint density at radius 2 is 2.00 bits per heavy atom. The fourth-order valence-electron chi connectivity index (χ4n) is 0.634. The van der Waals surface area contributed by atoms with E-state index in [9.17, 15) is 8.42 Å². The predicted octanol–water partition coefficient (Wildman–Crippen LogP) is 2.20. The molecular weight excluding hydrogens is 223 g/mol. The van der Waals surface area contributed by atoms with E-state index in [1.54, 1.807) is 12.1 Å². The third kappa shape index (κ3) is 3.30. The molecule has 0 saturated heterocycles. The lowest BCUT2D eigenvalue weighted by atomic mass is 10.3. The minimum atomic E-state index is -3.98. The van der Waals surface area contributed by atoms with Gasteiger partial charge in [-0.15, -0.1) is 0 Å². The Hall–Kier alpha value is -0.450. The highest BCUT2D eigenvalue weighted by Crippen LogP contribution is 2.19. The highest BCUT2D eigenvalue weighted by molar-refractivity contribution is 8.10. The highest BCUT2D eigenvalue weighted by atomic mass is 35.7. The van der Waals surface area contributed by atoms with Gasteiger partial charge in [0.25, 0.3) is 0 Å². The fraction of sp³-hybridized carbons (Fsp3) is 0. The lowest BCUT2D eigenvalue weighted by molar-refractivity contribution is 0.503. The lowest BCUT2D eigenvalue weighted by Crippen LogP contribution is -1.99. The maximum absolute atomic E-state index is 10.4. The number of hydrogen-bond acceptors (Lipinski definition) is 3. The van der Waals surface area contributed by atoms with Crippen LogP contribution in [0.2, 0.25) is 5.02 Å². The van der Waals surface area contributed by atoms with Crippen LogP contribution in [-0.2, 0) is 9.33 Å². The molecule has 0 bridgehead atoms. The second kappa shape index (κ2) is 3.51. The van der Waals surface area contributed by atoms with Crippen LogP contribution in [0.1, 0.15) is 0 Å². The third-order valence-corrected chi connectivity index (χ3v) is 1.81. The first-order valence-corrected chi connectivity index (χ1v) is 5.48. The van der Waals surface area contributed by atoms with E-state index >= 15 is 0 Å². The summed E-state index contributed by atoms with van der Waals surface area (Å²) in [6, 6.07) is 5.93. The average molecular weight is 227 g/mol. The minimum Gasteiger partial charge on any atom is -0.371 e. The normalized spacial score (nSPS) is 11.2. The molecule has 12 heavy (non-hydrogen) atoms. The summed E-state index contributed by atoms with van der Waals surface area (Å²) in [5.74, 6) is 0.0949. The molecule has 1 aromatic carbocycles. The molecule has 1 aromatic rings. The van der Waals surface area contributed by atoms with Gasteiger partial charge in [0.15, 0.2) is 0 Å². The SMILES string of the molecule is O=S(=O)(Cl)Oc1cccc(Cl)c1. The van der Waals surface area contributed by atoms with Gasteiger partial charge >= 0.3 is 9.33 Å². The lowest BCUT2D eigenvalue weighted by Gasteiger charge is -1.99. The van der Waals surface area contributed by atoms with E-state index in [4.69, 9.17) is 22.3 Å². The van der Waals surface area contributed by atoms with E-state index < -0.39 is 9.33 Å².